The van der Waals surface area contributed by atoms with Crippen LogP contribution >= 0.6 is 0 Å². The molecule has 0 atom stereocenters. The Morgan fingerprint density at radius 3 is 2.33 bits per heavy atom. The zero-order chi connectivity index (χ0) is 9.82. The Bertz CT molecular complexity index is 137. The molecule has 0 rings (SSSR count). The molecule has 0 fully saturated rings. The summed E-state index contributed by atoms with van der Waals surface area (Å²) in [5, 5.41) is 7.60. The first-order valence-electron chi connectivity index (χ1n) is 4.15. The fourth-order valence-electron chi connectivity index (χ4n) is 0.489. The molecule has 0 amide bonds. The van der Waals surface area contributed by atoms with Crippen LogP contribution in [0.4, 0.5) is 0 Å². The molecule has 0 spiro atoms. The first-order chi connectivity index (χ1) is 5.68. The highest BCUT2D eigenvalue weighted by molar-refractivity contribution is 5.78. The second-order valence-corrected chi connectivity index (χ2v) is 2.25. The third-order valence-corrected chi connectivity index (χ3v) is 1.13. The lowest BCUT2D eigenvalue weighted by Crippen LogP contribution is -1.82. The third kappa shape index (κ3) is 23.1. The quantitative estimate of drug-likeness (QED) is 0.400. The normalized spacial score (nSPS) is 8.83. The van der Waals surface area contributed by atoms with Gasteiger partial charge in [-0.05, 0) is 13.3 Å². The van der Waals surface area contributed by atoms with E-state index >= 15 is 0 Å². The van der Waals surface area contributed by atoms with Crippen molar-refractivity contribution in [1.82, 2.24) is 0 Å². The van der Waals surface area contributed by atoms with Crippen LogP contribution < -0.4 is 0 Å². The van der Waals surface area contributed by atoms with Crippen LogP contribution in [0.15, 0.2) is 24.8 Å². The summed E-state index contributed by atoms with van der Waals surface area (Å²) in [5.74, 6) is -0.981. The van der Waals surface area contributed by atoms with Gasteiger partial charge in [-0.15, -0.1) is 0 Å². The molecular formula is C10H18O2. The van der Waals surface area contributed by atoms with E-state index in [1.807, 2.05) is 0 Å². The molecule has 0 bridgehead atoms. The average molecular weight is 170 g/mol. The molecule has 0 radical (unpaired) electrons. The first kappa shape index (κ1) is 13.5. The van der Waals surface area contributed by atoms with E-state index in [0.717, 1.165) is 6.08 Å². The van der Waals surface area contributed by atoms with Crippen LogP contribution in [-0.2, 0) is 4.79 Å². The van der Waals surface area contributed by atoms with Gasteiger partial charge in [-0.1, -0.05) is 38.5 Å². The third-order valence-electron chi connectivity index (χ3n) is 1.13. The first-order valence-corrected chi connectivity index (χ1v) is 4.15. The summed E-state index contributed by atoms with van der Waals surface area (Å²) < 4.78 is 0. The van der Waals surface area contributed by atoms with Gasteiger partial charge < -0.3 is 5.11 Å². The number of aliphatic carboxylic acids is 1. The maximum Gasteiger partial charge on any atom is 0.327 e. The van der Waals surface area contributed by atoms with Crippen LogP contribution in [-0.4, -0.2) is 11.1 Å². The number of hydrogen-bond acceptors (Lipinski definition) is 1. The van der Waals surface area contributed by atoms with Crippen LogP contribution in [0.5, 0.6) is 0 Å². The summed E-state index contributed by atoms with van der Waals surface area (Å²) in [6.45, 7) is 7.24. The van der Waals surface area contributed by atoms with Gasteiger partial charge in [0.05, 0.1) is 0 Å². The zero-order valence-electron chi connectivity index (χ0n) is 7.92. The fourth-order valence-corrected chi connectivity index (χ4v) is 0.489. The van der Waals surface area contributed by atoms with Crippen LogP contribution in [0, 0.1) is 0 Å². The molecule has 0 aliphatic heterocycles. The Morgan fingerprint density at radius 2 is 2.08 bits per heavy atom. The smallest absolute Gasteiger partial charge is 0.327 e. The summed E-state index contributed by atoms with van der Waals surface area (Å²) in [5.41, 5.74) is 0. The van der Waals surface area contributed by atoms with Crippen molar-refractivity contribution < 1.29 is 9.90 Å². The summed E-state index contributed by atoms with van der Waals surface area (Å²) in [6.07, 6.45) is 9.06. The summed E-state index contributed by atoms with van der Waals surface area (Å²) in [7, 11) is 0. The number of unbranched alkanes of at least 4 members (excludes halogenated alkanes) is 2. The number of hydrogen-bond donors (Lipinski definition) is 1. The van der Waals surface area contributed by atoms with Gasteiger partial charge in [0.2, 0.25) is 0 Å². The lowest BCUT2D eigenvalue weighted by Gasteiger charge is -1.83. The van der Waals surface area contributed by atoms with Gasteiger partial charge in [0.1, 0.15) is 0 Å². The molecule has 2 heteroatoms. The van der Waals surface area contributed by atoms with E-state index in [1.54, 1.807) is 0 Å². The van der Waals surface area contributed by atoms with Gasteiger partial charge in [-0.2, -0.15) is 0 Å². The van der Waals surface area contributed by atoms with Crippen molar-refractivity contribution in [2.75, 3.05) is 0 Å². The second kappa shape index (κ2) is 12.6. The van der Waals surface area contributed by atoms with E-state index in [2.05, 4.69) is 32.6 Å². The van der Waals surface area contributed by atoms with E-state index < -0.39 is 5.97 Å². The lowest BCUT2D eigenvalue weighted by atomic mass is 10.2. The van der Waals surface area contributed by atoms with Crippen LogP contribution in [0.2, 0.25) is 0 Å². The molecular weight excluding hydrogens is 152 g/mol. The highest BCUT2D eigenvalue weighted by Crippen LogP contribution is 1.93. The molecule has 0 aromatic heterocycles. The Hall–Kier alpha value is -1.05. The molecule has 12 heavy (non-hydrogen) atoms. The topological polar surface area (TPSA) is 37.3 Å². The van der Waals surface area contributed by atoms with Crippen molar-refractivity contribution >= 4 is 5.97 Å². The molecule has 0 heterocycles. The SMILES string of the molecule is C=CC(=O)O.CC=CCCCC. The van der Waals surface area contributed by atoms with E-state index in [4.69, 9.17) is 5.11 Å². The van der Waals surface area contributed by atoms with Gasteiger partial charge in [-0.25, -0.2) is 4.79 Å². The van der Waals surface area contributed by atoms with Crippen molar-refractivity contribution in [2.24, 2.45) is 0 Å². The van der Waals surface area contributed by atoms with Gasteiger partial charge in [0, 0.05) is 6.08 Å². The summed E-state index contributed by atoms with van der Waals surface area (Å²) >= 11 is 0. The standard InChI is InChI=1S/C7H14.C3H4O2/c1-3-5-7-6-4-2;1-2-3(4)5/h3,5H,4,6-7H2,1-2H3;2H,1H2,(H,4,5). The summed E-state index contributed by atoms with van der Waals surface area (Å²) in [4.78, 5) is 9.25. The van der Waals surface area contributed by atoms with Crippen molar-refractivity contribution in [3.05, 3.63) is 24.8 Å². The van der Waals surface area contributed by atoms with E-state index in [1.165, 1.54) is 19.3 Å². The van der Waals surface area contributed by atoms with Crippen LogP contribution in [0.25, 0.3) is 0 Å². The Morgan fingerprint density at radius 1 is 1.58 bits per heavy atom. The van der Waals surface area contributed by atoms with Crippen molar-refractivity contribution in [3.8, 4) is 0 Å². The molecule has 0 aliphatic carbocycles. The van der Waals surface area contributed by atoms with E-state index in [-0.39, 0.29) is 0 Å². The van der Waals surface area contributed by atoms with Gasteiger partial charge in [-0.3, -0.25) is 0 Å². The molecule has 2 nitrogen and oxygen atoms in total. The number of rotatable bonds is 4. The molecule has 0 aromatic carbocycles. The van der Waals surface area contributed by atoms with Crippen molar-refractivity contribution in [2.45, 2.75) is 33.1 Å². The number of carboxylic acid groups (broad SMARTS) is 1. The molecule has 0 aromatic rings. The fraction of sp³-hybridized carbons (Fsp3) is 0.500. The molecule has 0 saturated carbocycles. The Kier molecular flexibility index (Phi) is 14.2. The maximum absolute atomic E-state index is 9.25. The molecule has 1 N–H and O–H groups in total. The molecule has 70 valence electrons. The largest absolute Gasteiger partial charge is 0.478 e. The zero-order valence-corrected chi connectivity index (χ0v) is 7.92. The van der Waals surface area contributed by atoms with Crippen LogP contribution in [0.3, 0.4) is 0 Å². The maximum atomic E-state index is 9.25. The summed E-state index contributed by atoms with van der Waals surface area (Å²) in [6, 6.07) is 0. The number of carboxylic acids is 1. The molecule has 0 saturated heterocycles. The van der Waals surface area contributed by atoms with Crippen molar-refractivity contribution in [1.29, 1.82) is 0 Å². The minimum Gasteiger partial charge on any atom is -0.478 e. The molecule has 0 unspecified atom stereocenters. The van der Waals surface area contributed by atoms with Crippen molar-refractivity contribution in [3.63, 3.8) is 0 Å². The second-order valence-electron chi connectivity index (χ2n) is 2.25. The van der Waals surface area contributed by atoms with Gasteiger partial charge >= 0.3 is 5.97 Å². The van der Waals surface area contributed by atoms with E-state index in [0.29, 0.717) is 0 Å². The number of allylic oxidation sites excluding steroid dienone is 2. The predicted octanol–water partition coefficient (Wildman–Crippen LogP) is 3.01. The minimum absolute atomic E-state index is 0.833. The highest BCUT2D eigenvalue weighted by atomic mass is 16.4. The van der Waals surface area contributed by atoms with E-state index in [9.17, 15) is 4.79 Å². The average Bonchev–Trinajstić information content (AvgIpc) is 2.07. The monoisotopic (exact) mass is 170 g/mol. The van der Waals surface area contributed by atoms with Crippen LogP contribution in [0.1, 0.15) is 33.1 Å². The molecule has 0 aliphatic rings. The number of carbonyl (C=O) groups is 1. The Balaban J connectivity index is 0. The lowest BCUT2D eigenvalue weighted by molar-refractivity contribution is -0.131. The Labute approximate surface area is 74.6 Å². The minimum atomic E-state index is -0.981. The van der Waals surface area contributed by atoms with Gasteiger partial charge in [0.15, 0.2) is 0 Å². The predicted molar refractivity (Wildman–Crippen MR) is 52.2 cm³/mol. The van der Waals surface area contributed by atoms with Gasteiger partial charge in [0.25, 0.3) is 0 Å². The highest BCUT2D eigenvalue weighted by Gasteiger charge is 1.73.